The minimum atomic E-state index is -0.442. The highest BCUT2D eigenvalue weighted by atomic mass is 19.1. The number of hydrogen-bond donors (Lipinski definition) is 1. The van der Waals surface area contributed by atoms with Gasteiger partial charge >= 0.3 is 5.69 Å². The molecule has 0 spiro atoms. The topological polar surface area (TPSA) is 72.4 Å². The van der Waals surface area contributed by atoms with E-state index in [0.717, 1.165) is 11.2 Å². The first-order valence-corrected chi connectivity index (χ1v) is 9.06. The lowest BCUT2D eigenvalue weighted by Crippen LogP contribution is -2.19. The fourth-order valence-electron chi connectivity index (χ4n) is 3.59. The van der Waals surface area contributed by atoms with Gasteiger partial charge in [0.05, 0.1) is 22.4 Å². The highest BCUT2D eigenvalue weighted by molar-refractivity contribution is 6.08. The maximum atomic E-state index is 13.6. The number of nitrogens with zero attached hydrogens (tertiary/aromatic N) is 3. The number of rotatable bonds is 3. The van der Waals surface area contributed by atoms with Crippen LogP contribution in [0.1, 0.15) is 16.1 Å². The van der Waals surface area contributed by atoms with E-state index in [2.05, 4.69) is 5.32 Å². The Labute approximate surface area is 165 Å². The molecule has 7 nitrogen and oxygen atoms in total. The molecule has 0 aliphatic rings. The number of imidazole rings is 1. The van der Waals surface area contributed by atoms with Crippen molar-refractivity contribution in [1.82, 2.24) is 9.13 Å². The molecule has 0 bridgehead atoms. The van der Waals surface area contributed by atoms with Crippen molar-refractivity contribution in [3.8, 4) is 0 Å². The molecule has 2 heterocycles. The van der Waals surface area contributed by atoms with Crippen LogP contribution < -0.4 is 15.9 Å². The highest BCUT2D eigenvalue weighted by Crippen LogP contribution is 2.32. The second kappa shape index (κ2) is 6.51. The fourth-order valence-corrected chi connectivity index (χ4v) is 3.59. The summed E-state index contributed by atoms with van der Waals surface area (Å²) in [5.74, 6) is -0.710. The number of aromatic nitrogens is 2. The number of furan rings is 1. The number of carbonyl (C=O) groups is 1. The number of benzene rings is 2. The van der Waals surface area contributed by atoms with Gasteiger partial charge in [-0.05, 0) is 37.3 Å². The first-order valence-electron chi connectivity index (χ1n) is 9.06. The van der Waals surface area contributed by atoms with E-state index in [1.54, 1.807) is 31.7 Å². The molecule has 0 saturated carbocycles. The number of hydrogen-bond acceptors (Lipinski definition) is 4. The van der Waals surface area contributed by atoms with Gasteiger partial charge in [0.15, 0.2) is 5.76 Å². The lowest BCUT2D eigenvalue weighted by atomic mass is 10.1. The normalized spacial score (nSPS) is 11.4. The van der Waals surface area contributed by atoms with Crippen LogP contribution in [0.4, 0.5) is 15.8 Å². The van der Waals surface area contributed by atoms with Crippen LogP contribution in [0, 0.1) is 12.7 Å². The zero-order chi connectivity index (χ0) is 21.0. The van der Waals surface area contributed by atoms with Gasteiger partial charge in [-0.2, -0.15) is 0 Å². The highest BCUT2D eigenvalue weighted by Gasteiger charge is 2.21. The van der Waals surface area contributed by atoms with Crippen molar-refractivity contribution in [2.45, 2.75) is 6.92 Å². The average molecular weight is 396 g/mol. The second-order valence-electron chi connectivity index (χ2n) is 7.30. The van der Waals surface area contributed by atoms with Crippen LogP contribution in [0.25, 0.3) is 22.0 Å². The summed E-state index contributed by atoms with van der Waals surface area (Å²) in [4.78, 5) is 27.1. The first-order chi connectivity index (χ1) is 13.7. The van der Waals surface area contributed by atoms with Crippen molar-refractivity contribution >= 4 is 39.3 Å². The summed E-state index contributed by atoms with van der Waals surface area (Å²) in [6, 6.07) is 7.77. The number of fused-ring (bicyclic) bond motifs is 2. The van der Waals surface area contributed by atoms with E-state index in [1.807, 2.05) is 25.1 Å². The molecule has 2 aromatic carbocycles. The average Bonchev–Trinajstić information content (AvgIpc) is 3.11. The Morgan fingerprint density at radius 1 is 1.10 bits per heavy atom. The summed E-state index contributed by atoms with van der Waals surface area (Å²) < 4.78 is 22.3. The summed E-state index contributed by atoms with van der Waals surface area (Å²) in [5.41, 5.74) is 3.60. The van der Waals surface area contributed by atoms with Crippen LogP contribution in [0.15, 0.2) is 39.5 Å². The lowest BCUT2D eigenvalue weighted by Gasteiger charge is -2.18. The second-order valence-corrected chi connectivity index (χ2v) is 7.30. The molecule has 0 atom stereocenters. The minimum Gasteiger partial charge on any atom is -0.451 e. The van der Waals surface area contributed by atoms with Gasteiger partial charge in [-0.25, -0.2) is 9.18 Å². The predicted octanol–water partition coefficient (Wildman–Crippen LogP) is 3.39. The van der Waals surface area contributed by atoms with E-state index < -0.39 is 11.7 Å². The number of aryl methyl sites for hydroxylation is 3. The molecule has 2 aromatic heterocycles. The molecule has 0 aliphatic heterocycles. The molecule has 4 aromatic rings. The van der Waals surface area contributed by atoms with Gasteiger partial charge in [0.1, 0.15) is 11.4 Å². The Hall–Kier alpha value is -3.55. The van der Waals surface area contributed by atoms with Crippen molar-refractivity contribution in [1.29, 1.82) is 0 Å². The number of amides is 1. The monoisotopic (exact) mass is 396 g/mol. The Bertz CT molecular complexity index is 1340. The van der Waals surface area contributed by atoms with Crippen LogP contribution in [0.3, 0.4) is 0 Å². The van der Waals surface area contributed by atoms with E-state index >= 15 is 0 Å². The summed E-state index contributed by atoms with van der Waals surface area (Å²) in [7, 11) is 7.10. The predicted molar refractivity (Wildman–Crippen MR) is 111 cm³/mol. The van der Waals surface area contributed by atoms with Gasteiger partial charge in [0, 0.05) is 39.1 Å². The molecule has 0 saturated heterocycles. The van der Waals surface area contributed by atoms with Crippen molar-refractivity contribution < 1.29 is 13.6 Å². The molecule has 4 rings (SSSR count). The molecule has 0 radical (unpaired) electrons. The molecule has 8 heteroatoms. The zero-order valence-electron chi connectivity index (χ0n) is 16.8. The van der Waals surface area contributed by atoms with Gasteiger partial charge < -0.3 is 14.6 Å². The van der Waals surface area contributed by atoms with E-state index in [1.165, 1.54) is 22.8 Å². The van der Waals surface area contributed by atoms with Crippen molar-refractivity contribution in [3.05, 3.63) is 58.0 Å². The third-order valence-electron chi connectivity index (χ3n) is 5.22. The Kier molecular flexibility index (Phi) is 4.22. The lowest BCUT2D eigenvalue weighted by molar-refractivity contribution is 0.0998. The van der Waals surface area contributed by atoms with Crippen molar-refractivity contribution in [2.75, 3.05) is 24.3 Å². The minimum absolute atomic E-state index is 0.123. The molecule has 0 unspecified atom stereocenters. The summed E-state index contributed by atoms with van der Waals surface area (Å²) in [6.07, 6.45) is 0. The number of carbonyl (C=O) groups excluding carboxylic acids is 1. The molecular formula is C21H21FN4O3. The van der Waals surface area contributed by atoms with E-state index in [9.17, 15) is 14.0 Å². The van der Waals surface area contributed by atoms with Crippen molar-refractivity contribution in [3.63, 3.8) is 0 Å². The molecule has 1 N–H and O–H groups in total. The van der Waals surface area contributed by atoms with E-state index in [4.69, 9.17) is 4.42 Å². The Morgan fingerprint density at radius 3 is 2.41 bits per heavy atom. The molecule has 1 amide bonds. The van der Waals surface area contributed by atoms with Gasteiger partial charge in [-0.3, -0.25) is 13.9 Å². The first kappa shape index (κ1) is 18.8. The zero-order valence-corrected chi connectivity index (χ0v) is 16.8. The fraction of sp³-hybridized carbons (Fsp3) is 0.238. The third kappa shape index (κ3) is 2.88. The van der Waals surface area contributed by atoms with Crippen molar-refractivity contribution in [2.24, 2.45) is 14.1 Å². The van der Waals surface area contributed by atoms with Gasteiger partial charge in [0.25, 0.3) is 5.91 Å². The maximum absolute atomic E-state index is 13.6. The van der Waals surface area contributed by atoms with Crippen LogP contribution in [0.2, 0.25) is 0 Å². The van der Waals surface area contributed by atoms with Crippen LogP contribution in [-0.4, -0.2) is 29.1 Å². The molecule has 0 fully saturated rings. The van der Waals surface area contributed by atoms with Gasteiger partial charge in [0.2, 0.25) is 0 Å². The summed E-state index contributed by atoms with van der Waals surface area (Å²) in [6.45, 7) is 1.72. The summed E-state index contributed by atoms with van der Waals surface area (Å²) >= 11 is 0. The van der Waals surface area contributed by atoms with Gasteiger partial charge in [-0.15, -0.1) is 0 Å². The maximum Gasteiger partial charge on any atom is 0.328 e. The number of anilines is 2. The number of halogens is 1. The molecule has 150 valence electrons. The number of nitrogens with one attached hydrogen (secondary N) is 1. The van der Waals surface area contributed by atoms with Crippen LogP contribution in [-0.2, 0) is 14.1 Å². The smallest absolute Gasteiger partial charge is 0.328 e. The Morgan fingerprint density at radius 2 is 1.76 bits per heavy atom. The Balaban J connectivity index is 1.82. The molecular weight excluding hydrogens is 375 g/mol. The SMILES string of the molecule is Cc1c(C(=O)Nc2cc3c(cc2N(C)C)n(C)c(=O)n3C)oc2ccc(F)cc12. The summed E-state index contributed by atoms with van der Waals surface area (Å²) in [5, 5.41) is 3.44. The van der Waals surface area contributed by atoms with E-state index in [-0.39, 0.29) is 11.4 Å². The third-order valence-corrected chi connectivity index (χ3v) is 5.22. The largest absolute Gasteiger partial charge is 0.451 e. The van der Waals surface area contributed by atoms with Crippen LogP contribution in [0.5, 0.6) is 0 Å². The van der Waals surface area contributed by atoms with Gasteiger partial charge in [-0.1, -0.05) is 0 Å². The molecule has 0 aliphatic carbocycles. The van der Waals surface area contributed by atoms with Crippen LogP contribution >= 0.6 is 0 Å². The van der Waals surface area contributed by atoms with E-state index in [0.29, 0.717) is 27.7 Å². The quantitative estimate of drug-likeness (QED) is 0.576. The molecule has 29 heavy (non-hydrogen) atoms. The standard InChI is InChI=1S/C21H21FN4O3/c1-11-13-8-12(22)6-7-18(13)29-19(11)20(27)23-14-9-16-17(10-15(14)24(2)3)26(5)21(28)25(16)4/h6-10H,1-5H3,(H,23,27).